The smallest absolute Gasteiger partial charge is 0.335 e. The van der Waals surface area contributed by atoms with Gasteiger partial charge in [-0.15, -0.1) is 0 Å². The van der Waals surface area contributed by atoms with E-state index in [0.29, 0.717) is 31.4 Å². The number of Topliss-reactive ketones (excluding diaryl/α,β-unsaturated/α-hetero) is 1. The van der Waals surface area contributed by atoms with Crippen molar-refractivity contribution >= 4 is 11.8 Å². The number of aliphatic hydroxyl groups excluding tert-OH is 1. The summed E-state index contributed by atoms with van der Waals surface area (Å²) in [5, 5.41) is 30.7. The molecule has 1 unspecified atom stereocenters. The van der Waals surface area contributed by atoms with Gasteiger partial charge in [-0.2, -0.15) is 0 Å². The molecule has 3 N–H and O–H groups in total. The van der Waals surface area contributed by atoms with Crippen LogP contribution < -0.4 is 0 Å². The fraction of sp³-hybridized carbons (Fsp3) is 0.630. The molecule has 1 aromatic carbocycles. The van der Waals surface area contributed by atoms with Crippen LogP contribution in [0.25, 0.3) is 0 Å². The lowest BCUT2D eigenvalue weighted by atomic mass is 9.25. The van der Waals surface area contributed by atoms with Gasteiger partial charge < -0.3 is 20.1 Å². The Morgan fingerprint density at radius 1 is 1.21 bits per heavy atom. The Bertz CT molecular complexity index is 986. The average molecular weight is 457 g/mol. The van der Waals surface area contributed by atoms with Gasteiger partial charge in [0.2, 0.25) is 0 Å². The SMILES string of the molecule is CCO[C@@H]1C[C@H](O)[C@@]2(C)CC(=O)C3=C(C)CC[C@@]4(O)CC2(C1)[C@@]34C.O=C(O)c1ccccc1. The summed E-state index contributed by atoms with van der Waals surface area (Å²) < 4.78 is 5.91. The van der Waals surface area contributed by atoms with Gasteiger partial charge in [-0.05, 0) is 57.1 Å². The van der Waals surface area contributed by atoms with Crippen LogP contribution in [0.4, 0.5) is 0 Å². The zero-order valence-electron chi connectivity index (χ0n) is 20.1. The molecule has 4 aliphatic carbocycles. The molecule has 33 heavy (non-hydrogen) atoms. The molecule has 0 aromatic heterocycles. The Kier molecular flexibility index (Phi) is 5.87. The van der Waals surface area contributed by atoms with Crippen molar-refractivity contribution in [2.24, 2.45) is 16.2 Å². The third-order valence-electron chi connectivity index (χ3n) is 9.44. The molecule has 0 saturated heterocycles. The van der Waals surface area contributed by atoms with E-state index in [9.17, 15) is 19.8 Å². The summed E-state index contributed by atoms with van der Waals surface area (Å²) in [4.78, 5) is 23.3. The molecule has 0 heterocycles. The first-order valence-corrected chi connectivity index (χ1v) is 12.0. The maximum absolute atomic E-state index is 13.1. The number of rotatable bonds is 3. The van der Waals surface area contributed by atoms with E-state index in [2.05, 4.69) is 13.8 Å². The van der Waals surface area contributed by atoms with Crippen LogP contribution >= 0.6 is 0 Å². The van der Waals surface area contributed by atoms with Crippen LogP contribution in [0.2, 0.25) is 0 Å². The molecule has 0 bridgehead atoms. The number of aliphatic hydroxyl groups is 2. The fourth-order valence-corrected chi connectivity index (χ4v) is 7.70. The number of carbonyl (C=O) groups is 2. The van der Waals surface area contributed by atoms with E-state index in [0.717, 1.165) is 30.4 Å². The molecule has 6 nitrogen and oxygen atoms in total. The fourth-order valence-electron chi connectivity index (χ4n) is 7.70. The van der Waals surface area contributed by atoms with Crippen LogP contribution in [0.3, 0.4) is 0 Å². The number of aromatic carboxylic acids is 1. The van der Waals surface area contributed by atoms with Crippen LogP contribution in [0, 0.1) is 16.2 Å². The first-order valence-electron chi connectivity index (χ1n) is 12.0. The number of hydrogen-bond acceptors (Lipinski definition) is 5. The molecule has 3 fully saturated rings. The van der Waals surface area contributed by atoms with Gasteiger partial charge in [0.05, 0.1) is 23.4 Å². The minimum absolute atomic E-state index is 0.0103. The van der Waals surface area contributed by atoms with E-state index < -0.39 is 28.5 Å². The van der Waals surface area contributed by atoms with Crippen LogP contribution in [0.5, 0.6) is 0 Å². The number of carboxylic acid groups (broad SMARTS) is 1. The third-order valence-corrected chi connectivity index (χ3v) is 9.44. The number of ketones is 1. The van der Waals surface area contributed by atoms with Gasteiger partial charge in [0.15, 0.2) is 5.78 Å². The van der Waals surface area contributed by atoms with Gasteiger partial charge in [-0.25, -0.2) is 4.79 Å². The molecular formula is C27H36O6. The third kappa shape index (κ3) is 3.17. The van der Waals surface area contributed by atoms with Crippen LogP contribution in [0.15, 0.2) is 41.5 Å². The molecule has 6 atom stereocenters. The molecule has 5 rings (SSSR count). The number of carboxylic acids is 1. The number of hydrogen-bond donors (Lipinski definition) is 3. The predicted molar refractivity (Wildman–Crippen MR) is 124 cm³/mol. The summed E-state index contributed by atoms with van der Waals surface area (Å²) in [5.74, 6) is -0.740. The highest BCUT2D eigenvalue weighted by molar-refractivity contribution is 6.00. The Balaban J connectivity index is 0.000000243. The van der Waals surface area contributed by atoms with Gasteiger partial charge in [0.25, 0.3) is 0 Å². The van der Waals surface area contributed by atoms with Gasteiger partial charge in [-0.1, -0.05) is 37.6 Å². The molecule has 1 aromatic rings. The molecule has 180 valence electrons. The van der Waals surface area contributed by atoms with Crippen molar-refractivity contribution < 1.29 is 29.6 Å². The van der Waals surface area contributed by atoms with Gasteiger partial charge >= 0.3 is 5.97 Å². The second-order valence-electron chi connectivity index (χ2n) is 10.8. The highest BCUT2D eigenvalue weighted by Crippen LogP contribution is 2.81. The second-order valence-corrected chi connectivity index (χ2v) is 10.8. The van der Waals surface area contributed by atoms with Crippen molar-refractivity contribution in [1.29, 1.82) is 0 Å². The number of ether oxygens (including phenoxy) is 1. The maximum Gasteiger partial charge on any atom is 0.335 e. The average Bonchev–Trinajstić information content (AvgIpc) is 2.75. The molecule has 4 aliphatic rings. The van der Waals surface area contributed by atoms with Crippen LogP contribution in [0.1, 0.15) is 76.6 Å². The standard InChI is InChI=1S/C20H30O4.C7H6O2/c1-5-24-13-8-15(22)17(3)10-14(21)16-12(2)6-7-20(23)11-19(17,9-13)18(16,20)4;8-7(9)6-4-2-1-3-5-6/h13,15,22-23H,5-11H2,1-4H3;1-5H,(H,8,9)/t13-,15+,17-,18-,19?,20-;/m1./s1. The highest BCUT2D eigenvalue weighted by atomic mass is 16.5. The van der Waals surface area contributed by atoms with Gasteiger partial charge in [0, 0.05) is 35.9 Å². The molecule has 0 aliphatic heterocycles. The van der Waals surface area contributed by atoms with Crippen molar-refractivity contribution in [2.45, 2.75) is 84.0 Å². The summed E-state index contributed by atoms with van der Waals surface area (Å²) in [6, 6.07) is 8.30. The second kappa shape index (κ2) is 8.03. The normalized spacial score (nSPS) is 41.2. The van der Waals surface area contributed by atoms with Crippen molar-refractivity contribution in [2.75, 3.05) is 6.61 Å². The summed E-state index contributed by atoms with van der Waals surface area (Å²) in [5.41, 5.74) is 0.246. The maximum atomic E-state index is 13.1. The zero-order valence-corrected chi connectivity index (χ0v) is 20.1. The number of allylic oxidation sites excluding steroid dienone is 1. The minimum atomic E-state index is -0.879. The van der Waals surface area contributed by atoms with Crippen molar-refractivity contribution in [1.82, 2.24) is 0 Å². The Morgan fingerprint density at radius 3 is 2.45 bits per heavy atom. The van der Waals surface area contributed by atoms with Crippen molar-refractivity contribution in [3.8, 4) is 0 Å². The van der Waals surface area contributed by atoms with Crippen molar-refractivity contribution in [3.63, 3.8) is 0 Å². The molecule has 3 saturated carbocycles. The Hall–Kier alpha value is -2.02. The predicted octanol–water partition coefficient (Wildman–Crippen LogP) is 4.15. The first kappa shape index (κ1) is 24.1. The molecule has 0 radical (unpaired) electrons. The van der Waals surface area contributed by atoms with Gasteiger partial charge in [-0.3, -0.25) is 4.79 Å². The quantitative estimate of drug-likeness (QED) is 0.631. The van der Waals surface area contributed by atoms with E-state index >= 15 is 0 Å². The van der Waals surface area contributed by atoms with E-state index in [1.165, 1.54) is 0 Å². The van der Waals surface area contributed by atoms with Crippen LogP contribution in [-0.2, 0) is 9.53 Å². The van der Waals surface area contributed by atoms with Gasteiger partial charge in [0.1, 0.15) is 0 Å². The topological polar surface area (TPSA) is 104 Å². The minimum Gasteiger partial charge on any atom is -0.478 e. The van der Waals surface area contributed by atoms with Crippen molar-refractivity contribution in [3.05, 3.63) is 47.0 Å². The van der Waals surface area contributed by atoms with E-state index in [-0.39, 0.29) is 17.3 Å². The largest absolute Gasteiger partial charge is 0.478 e. The van der Waals surface area contributed by atoms with E-state index in [1.54, 1.807) is 30.3 Å². The Morgan fingerprint density at radius 2 is 1.88 bits per heavy atom. The lowest BCUT2D eigenvalue weighted by Crippen LogP contribution is -2.81. The zero-order chi connectivity index (χ0) is 24.2. The number of carbonyl (C=O) groups excluding carboxylic acids is 1. The van der Waals surface area contributed by atoms with Crippen LogP contribution in [-0.4, -0.2) is 51.5 Å². The summed E-state index contributed by atoms with van der Waals surface area (Å²) in [6.45, 7) is 8.82. The summed E-state index contributed by atoms with van der Waals surface area (Å²) in [7, 11) is 0. The molecule has 1 spiro atoms. The monoisotopic (exact) mass is 456 g/mol. The molecule has 0 amide bonds. The first-order chi connectivity index (χ1) is 15.5. The van der Waals surface area contributed by atoms with E-state index in [1.807, 2.05) is 13.8 Å². The highest BCUT2D eigenvalue weighted by Gasteiger charge is 2.82. The molecular weight excluding hydrogens is 420 g/mol. The number of benzene rings is 1. The summed E-state index contributed by atoms with van der Waals surface area (Å²) >= 11 is 0. The lowest BCUT2D eigenvalue weighted by Gasteiger charge is -2.79. The van der Waals surface area contributed by atoms with E-state index in [4.69, 9.17) is 9.84 Å². The lowest BCUT2D eigenvalue weighted by molar-refractivity contribution is -0.335. The summed E-state index contributed by atoms with van der Waals surface area (Å²) in [6.07, 6.45) is 3.47. The molecule has 6 heteroatoms. The Labute approximate surface area is 195 Å².